The molecule has 2 aliphatic rings. The molecule has 2 unspecified atom stereocenters. The average Bonchev–Trinajstić information content (AvgIpc) is 3.26. The van der Waals surface area contributed by atoms with Gasteiger partial charge >= 0.3 is 6.18 Å². The summed E-state index contributed by atoms with van der Waals surface area (Å²) in [6, 6.07) is 7.06. The molecule has 10 heteroatoms. The molecule has 2 bridgehead atoms. The van der Waals surface area contributed by atoms with E-state index in [2.05, 4.69) is 10.1 Å². The maximum atomic E-state index is 13.2. The Hall–Kier alpha value is -3.01. The molecule has 1 aromatic carbocycles. The highest BCUT2D eigenvalue weighted by Gasteiger charge is 2.36. The monoisotopic (exact) mass is 448 g/mol. The number of amides is 1. The summed E-state index contributed by atoms with van der Waals surface area (Å²) in [6.07, 6.45) is -1.08. The second kappa shape index (κ2) is 7.84. The van der Waals surface area contributed by atoms with Crippen LogP contribution in [0.5, 0.6) is 0 Å². The molecule has 2 fully saturated rings. The number of aromatic nitrogens is 3. The van der Waals surface area contributed by atoms with Crippen LogP contribution in [0.15, 0.2) is 36.5 Å². The van der Waals surface area contributed by atoms with E-state index in [1.54, 1.807) is 17.0 Å². The van der Waals surface area contributed by atoms with Crippen molar-refractivity contribution in [3.63, 3.8) is 0 Å². The summed E-state index contributed by atoms with van der Waals surface area (Å²) in [6.45, 7) is -0.383. The van der Waals surface area contributed by atoms with Crippen molar-refractivity contribution < 1.29 is 27.1 Å². The molecule has 168 valence electrons. The van der Waals surface area contributed by atoms with Gasteiger partial charge in [-0.25, -0.2) is 4.39 Å². The van der Waals surface area contributed by atoms with Crippen LogP contribution in [0.4, 0.5) is 17.6 Å². The van der Waals surface area contributed by atoms with Crippen molar-refractivity contribution in [1.82, 2.24) is 19.7 Å². The SMILES string of the molecule is O=C(c1cc2c(cn1)c(Cc1ccc(F)cc1)nn2CC(F)(F)F)N1CC2CCC(C1)O2. The number of fused-ring (bicyclic) bond motifs is 3. The van der Waals surface area contributed by atoms with Gasteiger partial charge in [-0.05, 0) is 36.6 Å². The third-order valence-electron chi connectivity index (χ3n) is 5.88. The summed E-state index contributed by atoms with van der Waals surface area (Å²) in [5.74, 6) is -0.727. The van der Waals surface area contributed by atoms with Crippen molar-refractivity contribution >= 4 is 16.8 Å². The van der Waals surface area contributed by atoms with Gasteiger partial charge in [-0.3, -0.25) is 14.5 Å². The number of pyridine rings is 1. The van der Waals surface area contributed by atoms with Crippen molar-refractivity contribution in [1.29, 1.82) is 0 Å². The average molecular weight is 448 g/mol. The number of benzene rings is 1. The van der Waals surface area contributed by atoms with Gasteiger partial charge in [0.05, 0.1) is 23.4 Å². The number of halogens is 4. The van der Waals surface area contributed by atoms with Gasteiger partial charge in [0.25, 0.3) is 5.91 Å². The second-order valence-corrected chi connectivity index (χ2v) is 8.28. The van der Waals surface area contributed by atoms with E-state index < -0.39 is 18.5 Å². The number of likely N-dealkylation sites (tertiary alicyclic amines) is 1. The van der Waals surface area contributed by atoms with Crippen LogP contribution < -0.4 is 0 Å². The van der Waals surface area contributed by atoms with E-state index in [9.17, 15) is 22.4 Å². The van der Waals surface area contributed by atoms with Gasteiger partial charge in [-0.2, -0.15) is 18.3 Å². The summed E-state index contributed by atoms with van der Waals surface area (Å²) >= 11 is 0. The minimum atomic E-state index is -4.48. The number of ether oxygens (including phenoxy) is 1. The predicted octanol–water partition coefficient (Wildman–Crippen LogP) is 3.73. The van der Waals surface area contributed by atoms with Gasteiger partial charge in [0.2, 0.25) is 0 Å². The lowest BCUT2D eigenvalue weighted by Gasteiger charge is -2.31. The fourth-order valence-electron chi connectivity index (χ4n) is 4.41. The molecule has 4 heterocycles. The molecule has 5 rings (SSSR count). The van der Waals surface area contributed by atoms with E-state index in [4.69, 9.17) is 4.74 Å². The zero-order valence-corrected chi connectivity index (χ0v) is 17.0. The van der Waals surface area contributed by atoms with Crippen molar-refractivity contribution in [2.45, 2.75) is 44.2 Å². The van der Waals surface area contributed by atoms with E-state index in [0.717, 1.165) is 17.5 Å². The number of hydrogen-bond donors (Lipinski definition) is 0. The Morgan fingerprint density at radius 1 is 1.12 bits per heavy atom. The highest BCUT2D eigenvalue weighted by Crippen LogP contribution is 2.29. The number of nitrogens with zero attached hydrogens (tertiary/aromatic N) is 4. The number of alkyl halides is 3. The Bertz CT molecular complexity index is 1150. The van der Waals surface area contributed by atoms with E-state index in [0.29, 0.717) is 29.7 Å². The molecule has 2 saturated heterocycles. The van der Waals surface area contributed by atoms with Crippen molar-refractivity contribution in [3.8, 4) is 0 Å². The van der Waals surface area contributed by atoms with Crippen LogP contribution in [-0.2, 0) is 17.7 Å². The minimum Gasteiger partial charge on any atom is -0.371 e. The van der Waals surface area contributed by atoms with E-state index >= 15 is 0 Å². The van der Waals surface area contributed by atoms with Gasteiger partial charge in [0, 0.05) is 31.1 Å². The minimum absolute atomic E-state index is 0.000463. The lowest BCUT2D eigenvalue weighted by atomic mass is 10.1. The smallest absolute Gasteiger partial charge is 0.371 e. The molecule has 6 nitrogen and oxygen atoms in total. The summed E-state index contributed by atoms with van der Waals surface area (Å²) < 4.78 is 59.4. The fourth-order valence-corrected chi connectivity index (χ4v) is 4.41. The first-order valence-corrected chi connectivity index (χ1v) is 10.4. The number of carbonyl (C=O) groups excluding carboxylic acids is 1. The van der Waals surface area contributed by atoms with Crippen LogP contribution in [0.3, 0.4) is 0 Å². The number of carbonyl (C=O) groups is 1. The van der Waals surface area contributed by atoms with E-state index in [1.807, 2.05) is 0 Å². The number of hydrogen-bond acceptors (Lipinski definition) is 4. The molecule has 2 aliphatic heterocycles. The molecule has 0 saturated carbocycles. The summed E-state index contributed by atoms with van der Waals surface area (Å²) in [4.78, 5) is 18.9. The number of rotatable bonds is 4. The Morgan fingerprint density at radius 3 is 2.47 bits per heavy atom. The molecule has 32 heavy (non-hydrogen) atoms. The van der Waals surface area contributed by atoms with Crippen LogP contribution in [0, 0.1) is 5.82 Å². The van der Waals surface area contributed by atoms with Gasteiger partial charge in [0.1, 0.15) is 18.1 Å². The van der Waals surface area contributed by atoms with Crippen molar-refractivity contribution in [3.05, 3.63) is 59.3 Å². The maximum absolute atomic E-state index is 13.2. The third kappa shape index (κ3) is 4.19. The van der Waals surface area contributed by atoms with E-state index in [-0.39, 0.29) is 35.7 Å². The third-order valence-corrected chi connectivity index (χ3v) is 5.88. The van der Waals surface area contributed by atoms with E-state index in [1.165, 1.54) is 24.4 Å². The summed E-state index contributed by atoms with van der Waals surface area (Å²) in [5.41, 5.74) is 1.35. The molecule has 3 aromatic rings. The molecule has 0 radical (unpaired) electrons. The Morgan fingerprint density at radius 2 is 1.81 bits per heavy atom. The second-order valence-electron chi connectivity index (χ2n) is 8.28. The molecule has 2 aromatic heterocycles. The van der Waals surface area contributed by atoms with Crippen molar-refractivity contribution in [2.24, 2.45) is 0 Å². The lowest BCUT2D eigenvalue weighted by molar-refractivity contribution is -0.141. The normalized spacial score (nSPS) is 20.8. The quantitative estimate of drug-likeness (QED) is 0.571. The molecular weight excluding hydrogens is 428 g/mol. The maximum Gasteiger partial charge on any atom is 0.408 e. The molecule has 0 aliphatic carbocycles. The van der Waals surface area contributed by atoms with Gasteiger partial charge in [-0.15, -0.1) is 0 Å². The van der Waals surface area contributed by atoms with Crippen LogP contribution in [0.25, 0.3) is 10.9 Å². The first kappa shape index (κ1) is 20.9. The Balaban J connectivity index is 1.49. The van der Waals surface area contributed by atoms with Crippen LogP contribution >= 0.6 is 0 Å². The Labute approximate surface area is 180 Å². The number of morpholine rings is 1. The Kier molecular flexibility index (Phi) is 5.11. The van der Waals surface area contributed by atoms with Crippen LogP contribution in [0.1, 0.15) is 34.6 Å². The van der Waals surface area contributed by atoms with Crippen LogP contribution in [-0.4, -0.2) is 57.0 Å². The molecule has 0 N–H and O–H groups in total. The van der Waals surface area contributed by atoms with Gasteiger partial charge < -0.3 is 9.64 Å². The fraction of sp³-hybridized carbons (Fsp3) is 0.409. The topological polar surface area (TPSA) is 60.2 Å². The van der Waals surface area contributed by atoms with Gasteiger partial charge in [0.15, 0.2) is 0 Å². The predicted molar refractivity (Wildman–Crippen MR) is 107 cm³/mol. The summed E-state index contributed by atoms with van der Waals surface area (Å²) in [7, 11) is 0. The zero-order chi connectivity index (χ0) is 22.5. The molecule has 1 amide bonds. The summed E-state index contributed by atoms with van der Waals surface area (Å²) in [5, 5.41) is 4.59. The molecule has 2 atom stereocenters. The largest absolute Gasteiger partial charge is 0.408 e. The van der Waals surface area contributed by atoms with Crippen LogP contribution in [0.2, 0.25) is 0 Å². The zero-order valence-electron chi connectivity index (χ0n) is 17.0. The first-order chi connectivity index (χ1) is 15.2. The standard InChI is InChI=1S/C22H20F4N4O2/c23-14-3-1-13(2-4-14)7-18-17-9-27-19(8-20(17)30(28-18)12-22(24,25)26)21(31)29-10-15-5-6-16(11-29)32-15/h1-4,8-9,15-16H,5-7,10-12H2. The first-order valence-electron chi connectivity index (χ1n) is 10.4. The van der Waals surface area contributed by atoms with Crippen molar-refractivity contribution in [2.75, 3.05) is 13.1 Å². The van der Waals surface area contributed by atoms with Gasteiger partial charge in [-0.1, -0.05) is 12.1 Å². The molecule has 0 spiro atoms. The highest BCUT2D eigenvalue weighted by molar-refractivity contribution is 5.96. The molecular formula is C22H20F4N4O2. The lowest BCUT2D eigenvalue weighted by Crippen LogP contribution is -2.46. The highest BCUT2D eigenvalue weighted by atomic mass is 19.4.